The Morgan fingerprint density at radius 3 is 2.80 bits per heavy atom. The average Bonchev–Trinajstić information content (AvgIpc) is 2.74. The minimum atomic E-state index is -0.398. The Balaban J connectivity index is 2.29. The molecule has 0 aliphatic rings. The lowest BCUT2D eigenvalue weighted by Gasteiger charge is -2.08. The fourth-order valence-electron chi connectivity index (χ4n) is 2.13. The lowest BCUT2D eigenvalue weighted by Crippen LogP contribution is -1.96. The van der Waals surface area contributed by atoms with Crippen LogP contribution in [0.2, 0.25) is 0 Å². The largest absolute Gasteiger partial charge is 0.494 e. The highest BCUT2D eigenvalue weighted by Gasteiger charge is 2.10. The molecule has 0 unspecified atom stereocenters. The zero-order valence-corrected chi connectivity index (χ0v) is 12.9. The number of hydrogen-bond acceptors (Lipinski definition) is 2. The van der Waals surface area contributed by atoms with Gasteiger partial charge in [-0.1, -0.05) is 15.9 Å². The first kappa shape index (κ1) is 13.3. The molecule has 102 valence electrons. The molecule has 1 heterocycles. The SMILES string of the molecule is COc1cc(-n2c(=S)[nH]c3cc(Br)ccc32)ccc1F. The van der Waals surface area contributed by atoms with Gasteiger partial charge in [0.1, 0.15) is 0 Å². The van der Waals surface area contributed by atoms with Crippen molar-refractivity contribution < 1.29 is 9.13 Å². The van der Waals surface area contributed by atoms with E-state index in [0.717, 1.165) is 21.2 Å². The number of benzene rings is 2. The summed E-state index contributed by atoms with van der Waals surface area (Å²) in [5.74, 6) is -0.207. The quantitative estimate of drug-likeness (QED) is 0.683. The Kier molecular flexibility index (Phi) is 3.35. The number of fused-ring (bicyclic) bond motifs is 1. The summed E-state index contributed by atoms with van der Waals surface area (Å²) in [4.78, 5) is 3.13. The van der Waals surface area contributed by atoms with E-state index in [2.05, 4.69) is 20.9 Å². The van der Waals surface area contributed by atoms with E-state index in [0.29, 0.717) is 4.77 Å². The molecule has 0 atom stereocenters. The molecule has 1 aromatic heterocycles. The second kappa shape index (κ2) is 5.03. The second-order valence-corrected chi connectivity index (χ2v) is 5.55. The Hall–Kier alpha value is -1.66. The van der Waals surface area contributed by atoms with Gasteiger partial charge in [-0.2, -0.15) is 0 Å². The van der Waals surface area contributed by atoms with Gasteiger partial charge in [0.25, 0.3) is 0 Å². The van der Waals surface area contributed by atoms with Crippen molar-refractivity contribution in [2.45, 2.75) is 0 Å². The predicted molar refractivity (Wildman–Crippen MR) is 82.7 cm³/mol. The zero-order chi connectivity index (χ0) is 14.3. The Labute approximate surface area is 128 Å². The highest BCUT2D eigenvalue weighted by molar-refractivity contribution is 9.10. The maximum atomic E-state index is 13.5. The predicted octanol–water partition coefficient (Wildman–Crippen LogP) is 4.60. The average molecular weight is 353 g/mol. The summed E-state index contributed by atoms with van der Waals surface area (Å²) in [6.45, 7) is 0. The molecule has 0 bridgehead atoms. The number of nitrogens with one attached hydrogen (secondary N) is 1. The minimum absolute atomic E-state index is 0.191. The van der Waals surface area contributed by atoms with Gasteiger partial charge in [-0.25, -0.2) is 4.39 Å². The summed E-state index contributed by atoms with van der Waals surface area (Å²) in [5.41, 5.74) is 2.58. The van der Waals surface area contributed by atoms with E-state index in [9.17, 15) is 4.39 Å². The van der Waals surface area contributed by atoms with E-state index >= 15 is 0 Å². The van der Waals surface area contributed by atoms with E-state index in [4.69, 9.17) is 17.0 Å². The molecule has 2 aromatic carbocycles. The summed E-state index contributed by atoms with van der Waals surface area (Å²) in [6, 6.07) is 10.5. The first-order chi connectivity index (χ1) is 9.60. The van der Waals surface area contributed by atoms with Gasteiger partial charge in [-0.15, -0.1) is 0 Å². The molecular formula is C14H10BrFN2OS. The van der Waals surface area contributed by atoms with Crippen molar-refractivity contribution in [1.82, 2.24) is 9.55 Å². The van der Waals surface area contributed by atoms with Crippen LogP contribution in [0.3, 0.4) is 0 Å². The van der Waals surface area contributed by atoms with Crippen LogP contribution in [0.4, 0.5) is 4.39 Å². The summed E-state index contributed by atoms with van der Waals surface area (Å²) in [5, 5.41) is 0. The van der Waals surface area contributed by atoms with Crippen LogP contribution in [0.1, 0.15) is 0 Å². The van der Waals surface area contributed by atoms with Crippen molar-refractivity contribution in [3.8, 4) is 11.4 Å². The van der Waals surface area contributed by atoms with Crippen molar-refractivity contribution in [3.63, 3.8) is 0 Å². The summed E-state index contributed by atoms with van der Waals surface area (Å²) in [6.07, 6.45) is 0. The highest BCUT2D eigenvalue weighted by Crippen LogP contribution is 2.26. The number of aromatic amines is 1. The van der Waals surface area contributed by atoms with Crippen LogP contribution in [0.5, 0.6) is 5.75 Å². The molecule has 0 amide bonds. The number of halogens is 2. The third-order valence-electron chi connectivity index (χ3n) is 3.04. The third kappa shape index (κ3) is 2.14. The van der Waals surface area contributed by atoms with Crippen LogP contribution in [0.15, 0.2) is 40.9 Å². The standard InChI is InChI=1S/C14H10BrFN2OS/c1-19-13-7-9(3-4-10(13)16)18-12-5-2-8(15)6-11(12)17-14(18)20/h2-7H,1H3,(H,17,20). The van der Waals surface area contributed by atoms with Gasteiger partial charge in [-0.3, -0.25) is 4.57 Å². The molecule has 20 heavy (non-hydrogen) atoms. The van der Waals surface area contributed by atoms with Crippen LogP contribution in [0, 0.1) is 10.6 Å². The van der Waals surface area contributed by atoms with Crippen molar-refractivity contribution in [2.24, 2.45) is 0 Å². The third-order valence-corrected chi connectivity index (χ3v) is 3.81. The molecule has 0 spiro atoms. The van der Waals surface area contributed by atoms with Gasteiger partial charge in [-0.05, 0) is 42.5 Å². The normalized spacial score (nSPS) is 10.9. The Morgan fingerprint density at radius 2 is 2.05 bits per heavy atom. The van der Waals surface area contributed by atoms with E-state index in [1.807, 2.05) is 22.8 Å². The molecule has 0 saturated heterocycles. The number of rotatable bonds is 2. The zero-order valence-electron chi connectivity index (χ0n) is 10.5. The summed E-state index contributed by atoms with van der Waals surface area (Å²) < 4.78 is 21.9. The highest BCUT2D eigenvalue weighted by atomic mass is 79.9. The molecule has 3 aromatic rings. The van der Waals surface area contributed by atoms with Gasteiger partial charge < -0.3 is 9.72 Å². The van der Waals surface area contributed by atoms with E-state index < -0.39 is 5.82 Å². The summed E-state index contributed by atoms with van der Waals surface area (Å²) in [7, 11) is 1.44. The minimum Gasteiger partial charge on any atom is -0.494 e. The monoisotopic (exact) mass is 352 g/mol. The molecule has 0 radical (unpaired) electrons. The smallest absolute Gasteiger partial charge is 0.182 e. The van der Waals surface area contributed by atoms with E-state index in [1.54, 1.807) is 12.1 Å². The number of H-pyrrole nitrogens is 1. The van der Waals surface area contributed by atoms with Crippen molar-refractivity contribution in [1.29, 1.82) is 0 Å². The van der Waals surface area contributed by atoms with Gasteiger partial charge in [0.05, 0.1) is 23.8 Å². The number of aromatic nitrogens is 2. The molecule has 0 aliphatic heterocycles. The number of hydrogen-bond donors (Lipinski definition) is 1. The van der Waals surface area contributed by atoms with Crippen LogP contribution in [0.25, 0.3) is 16.7 Å². The fourth-order valence-corrected chi connectivity index (χ4v) is 2.80. The fraction of sp³-hybridized carbons (Fsp3) is 0.0714. The maximum absolute atomic E-state index is 13.5. The topological polar surface area (TPSA) is 29.9 Å². The van der Waals surface area contributed by atoms with Crippen LogP contribution >= 0.6 is 28.1 Å². The lowest BCUT2D eigenvalue weighted by molar-refractivity contribution is 0.386. The Morgan fingerprint density at radius 1 is 1.25 bits per heavy atom. The van der Waals surface area contributed by atoms with E-state index in [1.165, 1.54) is 13.2 Å². The first-order valence-corrected chi connectivity index (χ1v) is 7.04. The first-order valence-electron chi connectivity index (χ1n) is 5.84. The molecular weight excluding hydrogens is 343 g/mol. The van der Waals surface area contributed by atoms with Gasteiger partial charge >= 0.3 is 0 Å². The van der Waals surface area contributed by atoms with Crippen LogP contribution < -0.4 is 4.74 Å². The van der Waals surface area contributed by atoms with E-state index in [-0.39, 0.29) is 5.75 Å². The molecule has 0 saturated carbocycles. The van der Waals surface area contributed by atoms with Gasteiger partial charge in [0.2, 0.25) is 0 Å². The molecule has 3 rings (SSSR count). The second-order valence-electron chi connectivity index (χ2n) is 4.25. The van der Waals surface area contributed by atoms with Crippen molar-refractivity contribution in [2.75, 3.05) is 7.11 Å². The molecule has 3 nitrogen and oxygen atoms in total. The number of nitrogens with zero attached hydrogens (tertiary/aromatic N) is 1. The lowest BCUT2D eigenvalue weighted by atomic mass is 10.2. The van der Waals surface area contributed by atoms with Crippen molar-refractivity contribution >= 4 is 39.2 Å². The maximum Gasteiger partial charge on any atom is 0.182 e. The van der Waals surface area contributed by atoms with Crippen molar-refractivity contribution in [3.05, 3.63) is 51.5 Å². The molecule has 0 fully saturated rings. The molecule has 0 aliphatic carbocycles. The van der Waals surface area contributed by atoms with Gasteiger partial charge in [0.15, 0.2) is 16.3 Å². The van der Waals surface area contributed by atoms with Gasteiger partial charge in [0, 0.05) is 10.5 Å². The van der Waals surface area contributed by atoms with Crippen LogP contribution in [-0.4, -0.2) is 16.7 Å². The molecule has 1 N–H and O–H groups in total. The Bertz CT molecular complexity index is 856. The number of ether oxygens (including phenoxy) is 1. The number of methoxy groups -OCH3 is 1. The number of imidazole rings is 1. The molecule has 6 heteroatoms. The van der Waals surface area contributed by atoms with Crippen LogP contribution in [-0.2, 0) is 0 Å². The summed E-state index contributed by atoms with van der Waals surface area (Å²) >= 11 is 8.77.